The minimum absolute atomic E-state index is 0.0416. The van der Waals surface area contributed by atoms with Crippen molar-refractivity contribution in [2.24, 2.45) is 5.41 Å². The number of aromatic nitrogens is 1. The topological polar surface area (TPSA) is 98.3 Å². The Morgan fingerprint density at radius 2 is 1.72 bits per heavy atom. The third-order valence-electron chi connectivity index (χ3n) is 7.99. The van der Waals surface area contributed by atoms with Gasteiger partial charge < -0.3 is 24.0 Å². The molecule has 0 saturated carbocycles. The average Bonchev–Trinajstić information content (AvgIpc) is 3.00. The summed E-state index contributed by atoms with van der Waals surface area (Å²) in [6, 6.07) is 12.5. The van der Waals surface area contributed by atoms with Crippen LogP contribution in [0.3, 0.4) is 0 Å². The maximum Gasteiger partial charge on any atom is 0.315 e. The number of fused-ring (bicyclic) bond motifs is 1. The lowest BCUT2D eigenvalue weighted by molar-refractivity contribution is -0.167. The molecule has 0 spiro atoms. The van der Waals surface area contributed by atoms with Crippen molar-refractivity contribution in [3.8, 4) is 22.8 Å². The molecule has 244 valence electrons. The predicted molar refractivity (Wildman–Crippen MR) is 168 cm³/mol. The van der Waals surface area contributed by atoms with Crippen molar-refractivity contribution in [2.75, 3.05) is 24.6 Å². The first-order chi connectivity index (χ1) is 21.6. The van der Waals surface area contributed by atoms with Crippen LogP contribution < -0.4 is 14.4 Å². The fourth-order valence-corrected chi connectivity index (χ4v) is 5.51. The molecule has 2 aliphatic heterocycles. The molecule has 3 heterocycles. The molecule has 1 aromatic heterocycles. The monoisotopic (exact) mass is 635 g/mol. The molecule has 5 rings (SSSR count). The van der Waals surface area contributed by atoms with Gasteiger partial charge in [0.25, 0.3) is 11.8 Å². The number of ether oxygens (including phenoxy) is 3. The molecular formula is C35H39F2N3O6. The van der Waals surface area contributed by atoms with E-state index < -0.39 is 40.6 Å². The summed E-state index contributed by atoms with van der Waals surface area (Å²) in [5, 5.41) is 0. The van der Waals surface area contributed by atoms with E-state index in [0.29, 0.717) is 29.7 Å². The zero-order valence-corrected chi connectivity index (χ0v) is 26.9. The molecular weight excluding hydrogens is 596 g/mol. The van der Waals surface area contributed by atoms with E-state index in [2.05, 4.69) is 4.98 Å². The molecule has 9 nitrogen and oxygen atoms in total. The maximum absolute atomic E-state index is 15.5. The fourth-order valence-electron chi connectivity index (χ4n) is 5.51. The first-order valence-electron chi connectivity index (χ1n) is 15.3. The first kappa shape index (κ1) is 32.8. The smallest absolute Gasteiger partial charge is 0.315 e. The lowest BCUT2D eigenvalue weighted by Gasteiger charge is -2.41. The highest BCUT2D eigenvalue weighted by Gasteiger charge is 2.39. The standard InChI is InChI=1S/C35H39F2N3O6/c1-21-31(41)40(28-18-23(36)19-38-30(28)45-21)24-13-15-39(16-14-24)32(42)26-12-11-22(17-27(26)37)25-9-7-8-10-29(25)44-20-35(5,6)33(43)46-34(2,3)4/h7-12,17-19,21,24H,13-16,20H2,1-6H3/t21-/m0/s1. The van der Waals surface area contributed by atoms with Crippen LogP contribution in [0.15, 0.2) is 54.7 Å². The average molecular weight is 636 g/mol. The van der Waals surface area contributed by atoms with Crippen LogP contribution in [-0.4, -0.2) is 65.1 Å². The van der Waals surface area contributed by atoms with Crippen LogP contribution >= 0.6 is 0 Å². The van der Waals surface area contributed by atoms with Gasteiger partial charge in [0.15, 0.2) is 6.10 Å². The molecule has 1 saturated heterocycles. The number of rotatable bonds is 7. The Morgan fingerprint density at radius 1 is 1.02 bits per heavy atom. The van der Waals surface area contributed by atoms with Crippen LogP contribution in [0.4, 0.5) is 14.5 Å². The Kier molecular flexibility index (Phi) is 9.06. The van der Waals surface area contributed by atoms with Crippen LogP contribution in [0.5, 0.6) is 11.6 Å². The van der Waals surface area contributed by atoms with Gasteiger partial charge in [-0.25, -0.2) is 13.8 Å². The highest BCUT2D eigenvalue weighted by Crippen LogP contribution is 2.37. The summed E-state index contributed by atoms with van der Waals surface area (Å²) in [7, 11) is 0. The molecule has 2 aromatic carbocycles. The van der Waals surface area contributed by atoms with Crippen molar-refractivity contribution in [3.05, 3.63) is 71.9 Å². The van der Waals surface area contributed by atoms with Gasteiger partial charge in [0.2, 0.25) is 5.88 Å². The van der Waals surface area contributed by atoms with E-state index in [9.17, 15) is 18.8 Å². The number of piperidine rings is 1. The van der Waals surface area contributed by atoms with Crippen molar-refractivity contribution in [3.63, 3.8) is 0 Å². The summed E-state index contributed by atoms with van der Waals surface area (Å²) in [5.41, 5.74) is -0.246. The van der Waals surface area contributed by atoms with Gasteiger partial charge in [-0.15, -0.1) is 0 Å². The summed E-state index contributed by atoms with van der Waals surface area (Å²) in [4.78, 5) is 46.2. The number of benzene rings is 2. The van der Waals surface area contributed by atoms with Crippen molar-refractivity contribution in [2.45, 2.75) is 72.1 Å². The number of hydrogen-bond donors (Lipinski definition) is 0. The Hall–Kier alpha value is -4.54. The van der Waals surface area contributed by atoms with Crippen molar-refractivity contribution in [1.29, 1.82) is 0 Å². The van der Waals surface area contributed by atoms with Gasteiger partial charge in [0, 0.05) is 30.8 Å². The molecule has 0 unspecified atom stereocenters. The number of anilines is 1. The number of para-hydroxylation sites is 1. The van der Waals surface area contributed by atoms with Crippen LogP contribution in [0.2, 0.25) is 0 Å². The number of nitrogens with zero attached hydrogens (tertiary/aromatic N) is 3. The van der Waals surface area contributed by atoms with Gasteiger partial charge >= 0.3 is 5.97 Å². The summed E-state index contributed by atoms with van der Waals surface area (Å²) in [5.74, 6) is -1.76. The van der Waals surface area contributed by atoms with Crippen LogP contribution in [-0.2, 0) is 14.3 Å². The van der Waals surface area contributed by atoms with Gasteiger partial charge in [-0.05, 0) is 78.1 Å². The largest absolute Gasteiger partial charge is 0.492 e. The zero-order chi connectivity index (χ0) is 33.4. The second-order valence-electron chi connectivity index (χ2n) is 13.3. The number of carbonyl (C=O) groups excluding carboxylic acids is 3. The van der Waals surface area contributed by atoms with Gasteiger partial charge in [-0.3, -0.25) is 14.4 Å². The maximum atomic E-state index is 15.5. The molecule has 2 amide bonds. The number of hydrogen-bond acceptors (Lipinski definition) is 7. The van der Waals surface area contributed by atoms with E-state index in [1.165, 1.54) is 23.1 Å². The molecule has 1 fully saturated rings. The molecule has 0 radical (unpaired) electrons. The normalized spacial score (nSPS) is 17.3. The minimum Gasteiger partial charge on any atom is -0.492 e. The van der Waals surface area contributed by atoms with Crippen LogP contribution in [0, 0.1) is 17.0 Å². The third kappa shape index (κ3) is 6.98. The summed E-state index contributed by atoms with van der Waals surface area (Å²) in [6.07, 6.45) is 1.11. The van der Waals surface area contributed by atoms with Crippen LogP contribution in [0.1, 0.15) is 64.7 Å². The SMILES string of the molecule is C[C@@H]1Oc2ncc(F)cc2N(C2CCN(C(=O)c3ccc(-c4ccccc4OCC(C)(C)C(=O)OC(C)(C)C)cc3F)CC2)C1=O. The fraction of sp³-hybridized carbons (Fsp3) is 0.429. The number of likely N-dealkylation sites (tertiary alicyclic amines) is 1. The molecule has 2 aliphatic rings. The molecule has 0 N–H and O–H groups in total. The van der Waals surface area contributed by atoms with Gasteiger partial charge in [0.1, 0.15) is 35.3 Å². The van der Waals surface area contributed by atoms with Gasteiger partial charge in [-0.1, -0.05) is 24.3 Å². The van der Waals surface area contributed by atoms with E-state index >= 15 is 4.39 Å². The second-order valence-corrected chi connectivity index (χ2v) is 13.3. The lowest BCUT2D eigenvalue weighted by Crippen LogP contribution is -2.54. The molecule has 1 atom stereocenters. The minimum atomic E-state index is -0.931. The van der Waals surface area contributed by atoms with E-state index in [0.717, 1.165) is 6.20 Å². The number of amides is 2. The lowest BCUT2D eigenvalue weighted by atomic mass is 9.94. The number of carbonyl (C=O) groups is 3. The first-order valence-corrected chi connectivity index (χ1v) is 15.3. The summed E-state index contributed by atoms with van der Waals surface area (Å²) >= 11 is 0. The zero-order valence-electron chi connectivity index (χ0n) is 26.9. The Morgan fingerprint density at radius 3 is 2.39 bits per heavy atom. The van der Waals surface area contributed by atoms with Crippen molar-refractivity contribution >= 4 is 23.5 Å². The van der Waals surface area contributed by atoms with E-state index in [1.807, 2.05) is 0 Å². The predicted octanol–water partition coefficient (Wildman–Crippen LogP) is 6.19. The molecule has 0 bridgehead atoms. The third-order valence-corrected chi connectivity index (χ3v) is 7.99. The molecule has 0 aliphatic carbocycles. The number of esters is 1. The number of halogens is 2. The van der Waals surface area contributed by atoms with Gasteiger partial charge in [-0.2, -0.15) is 0 Å². The van der Waals surface area contributed by atoms with E-state index in [1.54, 1.807) is 76.8 Å². The molecule has 3 aromatic rings. The Balaban J connectivity index is 1.26. The second kappa shape index (κ2) is 12.7. The highest BCUT2D eigenvalue weighted by molar-refractivity contribution is 6.00. The highest BCUT2D eigenvalue weighted by atomic mass is 19.1. The number of pyridine rings is 1. The Bertz CT molecular complexity index is 1650. The van der Waals surface area contributed by atoms with E-state index in [-0.39, 0.29) is 48.8 Å². The molecule has 46 heavy (non-hydrogen) atoms. The van der Waals surface area contributed by atoms with Crippen molar-refractivity contribution < 1.29 is 37.4 Å². The Labute approximate surface area is 267 Å². The summed E-state index contributed by atoms with van der Waals surface area (Å²) < 4.78 is 46.7. The van der Waals surface area contributed by atoms with Gasteiger partial charge in [0.05, 0.1) is 17.2 Å². The summed E-state index contributed by atoms with van der Waals surface area (Å²) in [6.45, 7) is 11.1. The van der Waals surface area contributed by atoms with E-state index in [4.69, 9.17) is 14.2 Å². The van der Waals surface area contributed by atoms with Crippen LogP contribution in [0.25, 0.3) is 11.1 Å². The van der Waals surface area contributed by atoms with Crippen molar-refractivity contribution in [1.82, 2.24) is 9.88 Å². The molecule has 11 heteroatoms. The quantitative estimate of drug-likeness (QED) is 0.286.